The zero-order valence-corrected chi connectivity index (χ0v) is 15.0. The molecule has 0 saturated carbocycles. The van der Waals surface area contributed by atoms with Crippen LogP contribution < -0.4 is 10.1 Å². The van der Waals surface area contributed by atoms with Gasteiger partial charge in [-0.3, -0.25) is 4.79 Å². The number of amides is 1. The summed E-state index contributed by atoms with van der Waals surface area (Å²) in [6.45, 7) is 6.18. The molecule has 1 aliphatic heterocycles. The molecule has 1 N–H and O–H groups in total. The van der Waals surface area contributed by atoms with Gasteiger partial charge in [0.15, 0.2) is 6.61 Å². The van der Waals surface area contributed by atoms with Gasteiger partial charge >= 0.3 is 0 Å². The second-order valence-corrected chi connectivity index (χ2v) is 6.28. The number of hydrogen-bond donors (Lipinski definition) is 1. The van der Waals surface area contributed by atoms with Crippen molar-refractivity contribution in [2.75, 3.05) is 39.5 Å². The summed E-state index contributed by atoms with van der Waals surface area (Å²) in [6.07, 6.45) is 3.26. The van der Waals surface area contributed by atoms with E-state index in [0.717, 1.165) is 18.7 Å². The van der Waals surface area contributed by atoms with E-state index in [1.165, 1.54) is 0 Å². The molecule has 1 amide bonds. The van der Waals surface area contributed by atoms with Gasteiger partial charge in [-0.05, 0) is 24.6 Å². The maximum atomic E-state index is 12.1. The number of aromatic nitrogens is 3. The SMILES string of the molecule is CC(CNCc1ccc(OCC(=O)N2CCOCC2)cc1)n1cncn1. The Bertz CT molecular complexity index is 669. The van der Waals surface area contributed by atoms with Crippen molar-refractivity contribution in [3.63, 3.8) is 0 Å². The summed E-state index contributed by atoms with van der Waals surface area (Å²) in [7, 11) is 0. The molecule has 0 aliphatic carbocycles. The van der Waals surface area contributed by atoms with Crippen molar-refractivity contribution in [1.29, 1.82) is 0 Å². The molecule has 1 aromatic heterocycles. The zero-order valence-electron chi connectivity index (χ0n) is 15.0. The van der Waals surface area contributed by atoms with Crippen molar-refractivity contribution < 1.29 is 14.3 Å². The normalized spacial score (nSPS) is 15.7. The number of rotatable bonds is 8. The predicted molar refractivity (Wildman–Crippen MR) is 95.8 cm³/mol. The van der Waals surface area contributed by atoms with Gasteiger partial charge in [0.2, 0.25) is 0 Å². The highest BCUT2D eigenvalue weighted by molar-refractivity contribution is 5.77. The molecular formula is C18H25N5O3. The lowest BCUT2D eigenvalue weighted by atomic mass is 10.2. The van der Waals surface area contributed by atoms with Gasteiger partial charge in [-0.15, -0.1) is 0 Å². The molecule has 0 radical (unpaired) electrons. The van der Waals surface area contributed by atoms with Gasteiger partial charge in [-0.25, -0.2) is 9.67 Å². The molecule has 1 fully saturated rings. The van der Waals surface area contributed by atoms with Crippen LogP contribution in [-0.2, 0) is 16.1 Å². The second kappa shape index (κ2) is 9.30. The highest BCUT2D eigenvalue weighted by atomic mass is 16.5. The van der Waals surface area contributed by atoms with Crippen LogP contribution in [0.1, 0.15) is 18.5 Å². The van der Waals surface area contributed by atoms with E-state index in [1.54, 1.807) is 17.6 Å². The molecule has 140 valence electrons. The lowest BCUT2D eigenvalue weighted by Crippen LogP contribution is -2.42. The lowest BCUT2D eigenvalue weighted by molar-refractivity contribution is -0.137. The molecule has 2 aromatic rings. The Labute approximate surface area is 153 Å². The van der Waals surface area contributed by atoms with Gasteiger partial charge in [-0.2, -0.15) is 5.10 Å². The molecule has 3 rings (SSSR count). The molecular weight excluding hydrogens is 334 g/mol. The summed E-state index contributed by atoms with van der Waals surface area (Å²) in [5.41, 5.74) is 1.16. The van der Waals surface area contributed by atoms with Gasteiger partial charge in [-0.1, -0.05) is 12.1 Å². The Morgan fingerprint density at radius 3 is 2.77 bits per heavy atom. The van der Waals surface area contributed by atoms with E-state index < -0.39 is 0 Å². The van der Waals surface area contributed by atoms with Crippen molar-refractivity contribution >= 4 is 5.91 Å². The summed E-state index contributed by atoms with van der Waals surface area (Å²) in [5, 5.41) is 7.53. The summed E-state index contributed by atoms with van der Waals surface area (Å²) < 4.78 is 12.7. The van der Waals surface area contributed by atoms with E-state index in [2.05, 4.69) is 22.3 Å². The van der Waals surface area contributed by atoms with E-state index in [0.29, 0.717) is 32.1 Å². The molecule has 0 bridgehead atoms. The van der Waals surface area contributed by atoms with Gasteiger partial charge < -0.3 is 19.7 Å². The summed E-state index contributed by atoms with van der Waals surface area (Å²) >= 11 is 0. The molecule has 1 atom stereocenters. The first-order chi connectivity index (χ1) is 12.7. The van der Waals surface area contributed by atoms with Crippen molar-refractivity contribution in [1.82, 2.24) is 25.0 Å². The zero-order chi connectivity index (χ0) is 18.2. The topological polar surface area (TPSA) is 81.5 Å². The highest BCUT2D eigenvalue weighted by Gasteiger charge is 2.17. The van der Waals surface area contributed by atoms with Gasteiger partial charge in [0, 0.05) is 26.2 Å². The van der Waals surface area contributed by atoms with Crippen LogP contribution in [-0.4, -0.2) is 65.0 Å². The quantitative estimate of drug-likeness (QED) is 0.753. The molecule has 8 heteroatoms. The van der Waals surface area contributed by atoms with Crippen LogP contribution in [0.25, 0.3) is 0 Å². The van der Waals surface area contributed by atoms with Crippen molar-refractivity contribution in [2.24, 2.45) is 0 Å². The fourth-order valence-electron chi connectivity index (χ4n) is 2.72. The number of hydrogen-bond acceptors (Lipinski definition) is 6. The minimum Gasteiger partial charge on any atom is -0.484 e. The third-order valence-corrected chi connectivity index (χ3v) is 4.31. The molecule has 26 heavy (non-hydrogen) atoms. The molecule has 1 aliphatic rings. The van der Waals surface area contributed by atoms with Crippen LogP contribution in [0.4, 0.5) is 0 Å². The van der Waals surface area contributed by atoms with Crippen molar-refractivity contribution in [3.05, 3.63) is 42.5 Å². The number of carbonyl (C=O) groups excluding carboxylic acids is 1. The molecule has 2 heterocycles. The first-order valence-corrected chi connectivity index (χ1v) is 8.84. The lowest BCUT2D eigenvalue weighted by Gasteiger charge is -2.26. The van der Waals surface area contributed by atoms with Gasteiger partial charge in [0.25, 0.3) is 5.91 Å². The third-order valence-electron chi connectivity index (χ3n) is 4.31. The molecule has 1 unspecified atom stereocenters. The molecule has 1 saturated heterocycles. The Balaban J connectivity index is 1.38. The van der Waals surface area contributed by atoms with E-state index in [1.807, 2.05) is 28.9 Å². The smallest absolute Gasteiger partial charge is 0.260 e. The Morgan fingerprint density at radius 2 is 2.08 bits per heavy atom. The fraction of sp³-hybridized carbons (Fsp3) is 0.500. The van der Waals surface area contributed by atoms with E-state index in [-0.39, 0.29) is 18.6 Å². The van der Waals surface area contributed by atoms with Gasteiger partial charge in [0.05, 0.1) is 19.3 Å². The average molecular weight is 359 g/mol. The van der Waals surface area contributed by atoms with Crippen LogP contribution in [0.3, 0.4) is 0 Å². The standard InChI is InChI=1S/C18H25N5O3/c1-15(23-14-20-13-21-23)10-19-11-16-2-4-17(5-3-16)26-12-18(24)22-6-8-25-9-7-22/h2-5,13-15,19H,6-12H2,1H3. The highest BCUT2D eigenvalue weighted by Crippen LogP contribution is 2.13. The van der Waals surface area contributed by atoms with Gasteiger partial charge in [0.1, 0.15) is 18.4 Å². The van der Waals surface area contributed by atoms with E-state index >= 15 is 0 Å². The van der Waals surface area contributed by atoms with Crippen LogP contribution in [0, 0.1) is 0 Å². The van der Waals surface area contributed by atoms with Crippen LogP contribution in [0.15, 0.2) is 36.9 Å². The van der Waals surface area contributed by atoms with Crippen LogP contribution in [0.5, 0.6) is 5.75 Å². The van der Waals surface area contributed by atoms with E-state index in [9.17, 15) is 4.79 Å². The minimum atomic E-state index is 0.00106. The van der Waals surface area contributed by atoms with Crippen LogP contribution >= 0.6 is 0 Å². The Hall–Kier alpha value is -2.45. The first kappa shape index (κ1) is 18.3. The predicted octanol–water partition coefficient (Wildman–Crippen LogP) is 0.866. The number of ether oxygens (including phenoxy) is 2. The molecule has 1 aromatic carbocycles. The van der Waals surface area contributed by atoms with Crippen molar-refractivity contribution in [2.45, 2.75) is 19.5 Å². The van der Waals surface area contributed by atoms with Crippen molar-refractivity contribution in [3.8, 4) is 5.75 Å². The Kier molecular flexibility index (Phi) is 6.56. The summed E-state index contributed by atoms with van der Waals surface area (Å²) in [4.78, 5) is 17.8. The maximum Gasteiger partial charge on any atom is 0.260 e. The summed E-state index contributed by atoms with van der Waals surface area (Å²) in [6, 6.07) is 8.03. The minimum absolute atomic E-state index is 0.00106. The number of carbonyl (C=O) groups is 1. The number of nitrogens with zero attached hydrogens (tertiary/aromatic N) is 4. The Morgan fingerprint density at radius 1 is 1.31 bits per heavy atom. The first-order valence-electron chi connectivity index (χ1n) is 8.84. The third kappa shape index (κ3) is 5.27. The second-order valence-electron chi connectivity index (χ2n) is 6.28. The average Bonchev–Trinajstić information content (AvgIpc) is 3.23. The number of morpholine rings is 1. The summed E-state index contributed by atoms with van der Waals surface area (Å²) in [5.74, 6) is 0.701. The fourth-order valence-corrected chi connectivity index (χ4v) is 2.72. The van der Waals surface area contributed by atoms with Crippen LogP contribution in [0.2, 0.25) is 0 Å². The largest absolute Gasteiger partial charge is 0.484 e. The molecule has 8 nitrogen and oxygen atoms in total. The number of nitrogens with one attached hydrogen (secondary N) is 1. The monoisotopic (exact) mass is 359 g/mol. The van der Waals surface area contributed by atoms with E-state index in [4.69, 9.17) is 9.47 Å². The molecule has 0 spiro atoms. The maximum absolute atomic E-state index is 12.1. The number of benzene rings is 1.